The van der Waals surface area contributed by atoms with Crippen LogP contribution in [-0.2, 0) is 4.79 Å². The van der Waals surface area contributed by atoms with Gasteiger partial charge in [0.2, 0.25) is 0 Å². The van der Waals surface area contributed by atoms with Crippen LogP contribution in [0.3, 0.4) is 0 Å². The summed E-state index contributed by atoms with van der Waals surface area (Å²) in [5.74, 6) is 1.42. The number of hydrogen-bond acceptors (Lipinski definition) is 1. The normalized spacial score (nSPS) is 46.8. The van der Waals surface area contributed by atoms with Gasteiger partial charge in [0.1, 0.15) is 5.78 Å². The molecule has 0 aromatic heterocycles. The Labute approximate surface area is 68.2 Å². The highest BCUT2D eigenvalue weighted by Crippen LogP contribution is 2.57. The van der Waals surface area contributed by atoms with E-state index in [0.29, 0.717) is 17.6 Å². The van der Waals surface area contributed by atoms with Crippen LogP contribution in [0.1, 0.15) is 26.7 Å². The van der Waals surface area contributed by atoms with Gasteiger partial charge in [0.05, 0.1) is 0 Å². The van der Waals surface area contributed by atoms with Crippen LogP contribution in [0, 0.1) is 30.1 Å². The van der Waals surface area contributed by atoms with Crippen molar-refractivity contribution in [3.05, 3.63) is 6.92 Å². The summed E-state index contributed by atoms with van der Waals surface area (Å²) in [6.45, 7) is 8.39. The fraction of sp³-hybridized carbons (Fsp3) is 0.800. The molecule has 0 amide bonds. The Kier molecular flexibility index (Phi) is 1.25. The molecule has 2 bridgehead atoms. The van der Waals surface area contributed by atoms with Crippen molar-refractivity contribution >= 4 is 5.78 Å². The molecule has 0 heterocycles. The minimum Gasteiger partial charge on any atom is -0.299 e. The molecule has 0 aromatic rings. The van der Waals surface area contributed by atoms with Crippen LogP contribution < -0.4 is 0 Å². The molecule has 0 saturated heterocycles. The minimum atomic E-state index is 0.101. The first-order valence-electron chi connectivity index (χ1n) is 4.42. The molecule has 61 valence electrons. The van der Waals surface area contributed by atoms with E-state index in [1.807, 2.05) is 0 Å². The predicted molar refractivity (Wildman–Crippen MR) is 43.8 cm³/mol. The van der Waals surface area contributed by atoms with E-state index >= 15 is 0 Å². The highest BCUT2D eigenvalue weighted by atomic mass is 16.1. The Morgan fingerprint density at radius 2 is 2.09 bits per heavy atom. The average molecular weight is 151 g/mol. The topological polar surface area (TPSA) is 17.1 Å². The van der Waals surface area contributed by atoms with Gasteiger partial charge in [0.15, 0.2) is 0 Å². The van der Waals surface area contributed by atoms with E-state index in [-0.39, 0.29) is 11.3 Å². The molecule has 0 N–H and O–H groups in total. The largest absolute Gasteiger partial charge is 0.299 e. The van der Waals surface area contributed by atoms with Crippen molar-refractivity contribution < 1.29 is 4.79 Å². The first kappa shape index (κ1) is 7.33. The Hall–Kier alpha value is -0.330. The van der Waals surface area contributed by atoms with Crippen molar-refractivity contribution in [2.24, 2.45) is 23.2 Å². The first-order valence-corrected chi connectivity index (χ1v) is 4.42. The minimum absolute atomic E-state index is 0.101. The van der Waals surface area contributed by atoms with Crippen LogP contribution >= 0.6 is 0 Å². The Morgan fingerprint density at radius 1 is 1.45 bits per heavy atom. The van der Waals surface area contributed by atoms with Crippen LogP contribution in [0.15, 0.2) is 0 Å². The van der Waals surface area contributed by atoms with E-state index in [2.05, 4.69) is 20.8 Å². The molecule has 0 spiro atoms. The summed E-state index contributed by atoms with van der Waals surface area (Å²) in [5, 5.41) is 0. The Morgan fingerprint density at radius 3 is 2.36 bits per heavy atom. The summed E-state index contributed by atoms with van der Waals surface area (Å²) in [4.78, 5) is 11.5. The molecule has 2 rings (SSSR count). The fourth-order valence-electron chi connectivity index (χ4n) is 3.03. The average Bonchev–Trinajstić information content (AvgIpc) is 2.27. The van der Waals surface area contributed by atoms with Crippen molar-refractivity contribution in [3.8, 4) is 0 Å². The zero-order valence-electron chi connectivity index (χ0n) is 7.26. The summed E-state index contributed by atoms with van der Waals surface area (Å²) in [6.07, 6.45) is 2.33. The number of carbonyl (C=O) groups is 1. The lowest BCUT2D eigenvalue weighted by molar-refractivity contribution is -0.124. The zero-order valence-corrected chi connectivity index (χ0v) is 7.26. The van der Waals surface area contributed by atoms with Gasteiger partial charge in [-0.25, -0.2) is 0 Å². The number of rotatable bonds is 0. The summed E-state index contributed by atoms with van der Waals surface area (Å²) >= 11 is 0. The SMILES string of the molecule is [CH2]C1C(=O)C2CCC1C2(C)C. The van der Waals surface area contributed by atoms with Crippen molar-refractivity contribution in [1.29, 1.82) is 0 Å². The standard InChI is InChI=1S/C10H15O/c1-6-7-4-5-8(9(6)11)10(7,2)3/h6-8H,1,4-5H2,2-3H3. The van der Waals surface area contributed by atoms with Crippen LogP contribution in [0.25, 0.3) is 0 Å². The third kappa shape index (κ3) is 0.692. The van der Waals surface area contributed by atoms with Gasteiger partial charge in [0.25, 0.3) is 0 Å². The molecule has 1 heteroatoms. The van der Waals surface area contributed by atoms with Crippen molar-refractivity contribution in [3.63, 3.8) is 0 Å². The van der Waals surface area contributed by atoms with Crippen LogP contribution in [0.4, 0.5) is 0 Å². The Bertz CT molecular complexity index is 205. The first-order chi connectivity index (χ1) is 5.05. The maximum atomic E-state index is 11.5. The molecule has 2 aliphatic carbocycles. The number of hydrogen-bond donors (Lipinski definition) is 0. The molecular formula is C10H15O. The highest BCUT2D eigenvalue weighted by Gasteiger charge is 2.56. The van der Waals surface area contributed by atoms with Crippen LogP contribution in [0.2, 0.25) is 0 Å². The number of Topliss-reactive ketones (excluding diaryl/α,β-unsaturated/α-hetero) is 1. The van der Waals surface area contributed by atoms with Crippen molar-refractivity contribution in [2.45, 2.75) is 26.7 Å². The van der Waals surface area contributed by atoms with Crippen molar-refractivity contribution in [2.75, 3.05) is 0 Å². The molecular weight excluding hydrogens is 136 g/mol. The lowest BCUT2D eigenvalue weighted by Gasteiger charge is -2.23. The van der Waals surface area contributed by atoms with Crippen LogP contribution in [-0.4, -0.2) is 5.78 Å². The summed E-state index contributed by atoms with van der Waals surface area (Å²) in [6, 6.07) is 0. The summed E-state index contributed by atoms with van der Waals surface area (Å²) in [7, 11) is 0. The fourth-order valence-corrected chi connectivity index (χ4v) is 3.03. The highest BCUT2D eigenvalue weighted by molar-refractivity contribution is 5.88. The third-order valence-corrected chi connectivity index (χ3v) is 3.81. The molecule has 0 aromatic carbocycles. The van der Waals surface area contributed by atoms with Gasteiger partial charge in [-0.2, -0.15) is 0 Å². The maximum absolute atomic E-state index is 11.5. The van der Waals surface area contributed by atoms with E-state index in [1.165, 1.54) is 6.42 Å². The molecule has 1 nitrogen and oxygen atoms in total. The number of ketones is 1. The molecule has 1 radical (unpaired) electrons. The molecule has 11 heavy (non-hydrogen) atoms. The lowest BCUT2D eigenvalue weighted by atomic mass is 9.80. The maximum Gasteiger partial charge on any atom is 0.139 e. The Balaban J connectivity index is 2.39. The zero-order chi connectivity index (χ0) is 8.22. The van der Waals surface area contributed by atoms with Crippen LogP contribution in [0.5, 0.6) is 0 Å². The monoisotopic (exact) mass is 151 g/mol. The third-order valence-electron chi connectivity index (χ3n) is 3.81. The van der Waals surface area contributed by atoms with Gasteiger partial charge in [-0.05, 0) is 31.1 Å². The van der Waals surface area contributed by atoms with Gasteiger partial charge in [-0.15, -0.1) is 0 Å². The van der Waals surface area contributed by atoms with E-state index in [1.54, 1.807) is 0 Å². The van der Waals surface area contributed by atoms with Crippen molar-refractivity contribution in [1.82, 2.24) is 0 Å². The molecule has 2 aliphatic rings. The van der Waals surface area contributed by atoms with Gasteiger partial charge >= 0.3 is 0 Å². The second-order valence-electron chi connectivity index (χ2n) is 4.57. The summed E-state index contributed by atoms with van der Waals surface area (Å²) < 4.78 is 0. The number of fused-ring (bicyclic) bond motifs is 2. The smallest absolute Gasteiger partial charge is 0.139 e. The number of carbonyl (C=O) groups excluding carboxylic acids is 1. The van der Waals surface area contributed by atoms with E-state index in [4.69, 9.17) is 0 Å². The van der Waals surface area contributed by atoms with E-state index in [9.17, 15) is 4.79 Å². The molecule has 2 fully saturated rings. The second-order valence-corrected chi connectivity index (χ2v) is 4.57. The summed E-state index contributed by atoms with van der Waals surface area (Å²) in [5.41, 5.74) is 0.253. The molecule has 3 unspecified atom stereocenters. The van der Waals surface area contributed by atoms with E-state index < -0.39 is 0 Å². The van der Waals surface area contributed by atoms with Gasteiger partial charge in [-0.3, -0.25) is 4.79 Å². The van der Waals surface area contributed by atoms with Gasteiger partial charge in [0, 0.05) is 11.8 Å². The predicted octanol–water partition coefficient (Wildman–Crippen LogP) is 2.07. The molecule has 0 aliphatic heterocycles. The molecule has 3 atom stereocenters. The van der Waals surface area contributed by atoms with Gasteiger partial charge < -0.3 is 0 Å². The van der Waals surface area contributed by atoms with Gasteiger partial charge in [-0.1, -0.05) is 13.8 Å². The quantitative estimate of drug-likeness (QED) is 0.518. The molecule has 2 saturated carbocycles. The second kappa shape index (κ2) is 1.88. The lowest BCUT2D eigenvalue weighted by Crippen LogP contribution is -2.19. The van der Waals surface area contributed by atoms with E-state index in [0.717, 1.165) is 6.42 Å².